The highest BCUT2D eigenvalue weighted by Gasteiger charge is 2.35. The molecule has 2 amide bonds. The van der Waals surface area contributed by atoms with Crippen molar-refractivity contribution in [3.63, 3.8) is 0 Å². The van der Waals surface area contributed by atoms with Gasteiger partial charge in [-0.05, 0) is 44.2 Å². The molecule has 2 N–H and O–H groups in total. The van der Waals surface area contributed by atoms with Gasteiger partial charge in [-0.3, -0.25) is 9.59 Å². The molecule has 0 radical (unpaired) electrons. The second-order valence-electron chi connectivity index (χ2n) is 6.49. The predicted octanol–water partition coefficient (Wildman–Crippen LogP) is 2.42. The van der Waals surface area contributed by atoms with Crippen LogP contribution < -0.4 is 10.6 Å². The van der Waals surface area contributed by atoms with Crippen LogP contribution in [0.25, 0.3) is 0 Å². The van der Waals surface area contributed by atoms with Crippen LogP contribution in [0.15, 0.2) is 24.3 Å². The summed E-state index contributed by atoms with van der Waals surface area (Å²) < 4.78 is 0. The van der Waals surface area contributed by atoms with Gasteiger partial charge in [0.25, 0.3) is 0 Å². The minimum Gasteiger partial charge on any atom is -0.376 e. The number of nitrogens with one attached hydrogen (secondary N) is 2. The number of carbonyl (C=O) groups excluding carboxylic acids is 2. The van der Waals surface area contributed by atoms with E-state index in [9.17, 15) is 14.9 Å². The van der Waals surface area contributed by atoms with Gasteiger partial charge >= 0.3 is 0 Å². The molecule has 0 saturated heterocycles. The molecule has 134 valence electrons. The van der Waals surface area contributed by atoms with Gasteiger partial charge in [-0.25, -0.2) is 0 Å². The van der Waals surface area contributed by atoms with E-state index >= 15 is 0 Å². The molecule has 1 saturated carbocycles. The zero-order chi connectivity index (χ0) is 18.3. The van der Waals surface area contributed by atoms with E-state index in [0.29, 0.717) is 13.1 Å². The molecule has 1 aromatic carbocycles. The quantitative estimate of drug-likeness (QED) is 0.797. The molecule has 0 bridgehead atoms. The normalized spacial score (nSPS) is 15.2. The molecule has 2 rings (SSSR count). The predicted molar refractivity (Wildman–Crippen MR) is 96.7 cm³/mol. The molecule has 1 aliphatic carbocycles. The van der Waals surface area contributed by atoms with Gasteiger partial charge in [0.1, 0.15) is 5.54 Å². The first-order valence-corrected chi connectivity index (χ1v) is 8.79. The highest BCUT2D eigenvalue weighted by atomic mass is 16.2. The first-order chi connectivity index (χ1) is 12.0. The third kappa shape index (κ3) is 4.96. The summed E-state index contributed by atoms with van der Waals surface area (Å²) in [5.74, 6) is -0.163. The number of hydrogen-bond acceptors (Lipinski definition) is 4. The Morgan fingerprint density at radius 3 is 2.56 bits per heavy atom. The third-order valence-corrected chi connectivity index (χ3v) is 4.69. The van der Waals surface area contributed by atoms with E-state index in [1.807, 2.05) is 31.2 Å². The molecule has 1 aliphatic rings. The summed E-state index contributed by atoms with van der Waals surface area (Å²) in [6, 6.07) is 9.90. The van der Waals surface area contributed by atoms with Crippen LogP contribution >= 0.6 is 0 Å². The Balaban J connectivity index is 1.97. The molecule has 0 aromatic heterocycles. The summed E-state index contributed by atoms with van der Waals surface area (Å²) in [6.45, 7) is 4.73. The maximum Gasteiger partial charge on any atom is 0.240 e. The fourth-order valence-electron chi connectivity index (χ4n) is 3.21. The van der Waals surface area contributed by atoms with Gasteiger partial charge in [0.2, 0.25) is 11.8 Å². The van der Waals surface area contributed by atoms with Crippen LogP contribution in [0.5, 0.6) is 0 Å². The van der Waals surface area contributed by atoms with E-state index in [4.69, 9.17) is 0 Å². The largest absolute Gasteiger partial charge is 0.376 e. The second kappa shape index (κ2) is 8.52. The summed E-state index contributed by atoms with van der Waals surface area (Å²) in [6.07, 6.45) is 3.38. The van der Waals surface area contributed by atoms with Crippen LogP contribution in [0.3, 0.4) is 0 Å². The van der Waals surface area contributed by atoms with Crippen molar-refractivity contribution in [1.82, 2.24) is 10.2 Å². The standard InChI is InChI=1S/C19H26N4O2/c1-3-23(15(2)24)13-16-8-4-5-9-17(16)21-12-18(25)22-19(14-20)10-6-7-11-19/h4-5,8-9,21H,3,6-7,10-13H2,1-2H3,(H,22,25). The van der Waals surface area contributed by atoms with Crippen molar-refractivity contribution in [3.8, 4) is 6.07 Å². The molecule has 1 aromatic rings. The Morgan fingerprint density at radius 1 is 1.28 bits per heavy atom. The van der Waals surface area contributed by atoms with Gasteiger partial charge in [-0.15, -0.1) is 0 Å². The Hall–Kier alpha value is -2.55. The van der Waals surface area contributed by atoms with Gasteiger partial charge in [0.15, 0.2) is 0 Å². The summed E-state index contributed by atoms with van der Waals surface area (Å²) in [5.41, 5.74) is 1.09. The maximum atomic E-state index is 12.2. The van der Waals surface area contributed by atoms with Crippen LogP contribution in [-0.2, 0) is 16.1 Å². The van der Waals surface area contributed by atoms with Crippen molar-refractivity contribution in [2.45, 2.75) is 51.6 Å². The first kappa shape index (κ1) is 18.8. The lowest BCUT2D eigenvalue weighted by atomic mass is 10.00. The average Bonchev–Trinajstić information content (AvgIpc) is 3.07. The molecule has 1 fully saturated rings. The van der Waals surface area contributed by atoms with E-state index < -0.39 is 5.54 Å². The molecule has 0 spiro atoms. The summed E-state index contributed by atoms with van der Waals surface area (Å²) in [7, 11) is 0. The maximum absolute atomic E-state index is 12.2. The van der Waals surface area contributed by atoms with E-state index in [0.717, 1.165) is 36.9 Å². The van der Waals surface area contributed by atoms with Gasteiger partial charge in [-0.2, -0.15) is 5.26 Å². The van der Waals surface area contributed by atoms with E-state index in [-0.39, 0.29) is 18.4 Å². The van der Waals surface area contributed by atoms with Crippen molar-refractivity contribution in [2.24, 2.45) is 0 Å². The number of para-hydroxylation sites is 1. The fourth-order valence-corrected chi connectivity index (χ4v) is 3.21. The molecule has 0 aliphatic heterocycles. The fraction of sp³-hybridized carbons (Fsp3) is 0.526. The summed E-state index contributed by atoms with van der Waals surface area (Å²) >= 11 is 0. The molecule has 25 heavy (non-hydrogen) atoms. The number of nitrogens with zero attached hydrogens (tertiary/aromatic N) is 2. The monoisotopic (exact) mass is 342 g/mol. The highest BCUT2D eigenvalue weighted by Crippen LogP contribution is 2.28. The Bertz CT molecular complexity index is 660. The van der Waals surface area contributed by atoms with Gasteiger partial charge < -0.3 is 15.5 Å². The lowest BCUT2D eigenvalue weighted by Crippen LogP contribution is -2.47. The molecular weight excluding hydrogens is 316 g/mol. The van der Waals surface area contributed by atoms with Crippen LogP contribution in [0.1, 0.15) is 45.1 Å². The second-order valence-corrected chi connectivity index (χ2v) is 6.49. The average molecular weight is 342 g/mol. The minimum atomic E-state index is -0.702. The zero-order valence-electron chi connectivity index (χ0n) is 15.0. The number of nitriles is 1. The lowest BCUT2D eigenvalue weighted by Gasteiger charge is -2.23. The smallest absolute Gasteiger partial charge is 0.240 e. The van der Waals surface area contributed by atoms with Crippen LogP contribution in [-0.4, -0.2) is 35.3 Å². The molecular formula is C19H26N4O2. The van der Waals surface area contributed by atoms with E-state index in [1.54, 1.807) is 11.8 Å². The lowest BCUT2D eigenvalue weighted by molar-refractivity contribution is -0.129. The Morgan fingerprint density at radius 2 is 1.96 bits per heavy atom. The molecule has 0 atom stereocenters. The third-order valence-electron chi connectivity index (χ3n) is 4.69. The summed E-state index contributed by atoms with van der Waals surface area (Å²) in [4.78, 5) is 25.6. The molecule has 6 heteroatoms. The number of carbonyl (C=O) groups is 2. The first-order valence-electron chi connectivity index (χ1n) is 8.79. The van der Waals surface area contributed by atoms with E-state index in [2.05, 4.69) is 16.7 Å². The molecule has 0 heterocycles. The number of anilines is 1. The highest BCUT2D eigenvalue weighted by molar-refractivity contribution is 5.82. The summed E-state index contributed by atoms with van der Waals surface area (Å²) in [5, 5.41) is 15.4. The van der Waals surface area contributed by atoms with Crippen molar-refractivity contribution in [2.75, 3.05) is 18.4 Å². The molecule has 6 nitrogen and oxygen atoms in total. The zero-order valence-corrected chi connectivity index (χ0v) is 15.0. The Kier molecular flexibility index (Phi) is 6.40. The topological polar surface area (TPSA) is 85.2 Å². The van der Waals surface area contributed by atoms with Crippen LogP contribution in [0.2, 0.25) is 0 Å². The SMILES string of the molecule is CCN(Cc1ccccc1NCC(=O)NC1(C#N)CCCC1)C(C)=O. The van der Waals surface area contributed by atoms with Gasteiger partial charge in [0, 0.05) is 25.7 Å². The van der Waals surface area contributed by atoms with Crippen LogP contribution in [0.4, 0.5) is 5.69 Å². The minimum absolute atomic E-state index is 0.0206. The number of benzene rings is 1. The Labute approximate surface area is 149 Å². The number of rotatable bonds is 7. The van der Waals surface area contributed by atoms with Crippen molar-refractivity contribution >= 4 is 17.5 Å². The van der Waals surface area contributed by atoms with Gasteiger partial charge in [0.05, 0.1) is 12.6 Å². The van der Waals surface area contributed by atoms with Crippen LogP contribution in [0, 0.1) is 11.3 Å². The van der Waals surface area contributed by atoms with Crippen molar-refractivity contribution < 1.29 is 9.59 Å². The van der Waals surface area contributed by atoms with Crippen molar-refractivity contribution in [1.29, 1.82) is 5.26 Å². The van der Waals surface area contributed by atoms with E-state index in [1.165, 1.54) is 0 Å². The molecule has 0 unspecified atom stereocenters. The number of amides is 2. The number of hydrogen-bond donors (Lipinski definition) is 2. The van der Waals surface area contributed by atoms with Gasteiger partial charge in [-0.1, -0.05) is 18.2 Å². The van der Waals surface area contributed by atoms with Crippen molar-refractivity contribution in [3.05, 3.63) is 29.8 Å².